The molecule has 4 rings (SSSR count). The number of fused-ring (bicyclic) bond motifs is 1. The van der Waals surface area contributed by atoms with Crippen LogP contribution in [0, 0.1) is 6.92 Å². The topological polar surface area (TPSA) is 94.2 Å². The Kier molecular flexibility index (Phi) is 4.97. The highest BCUT2D eigenvalue weighted by Gasteiger charge is 2.22. The van der Waals surface area contributed by atoms with Gasteiger partial charge in [-0.25, -0.2) is 18.2 Å². The van der Waals surface area contributed by atoms with Crippen molar-refractivity contribution in [3.63, 3.8) is 0 Å². The number of nitrogens with zero attached hydrogens (tertiary/aromatic N) is 2. The van der Waals surface area contributed by atoms with Crippen molar-refractivity contribution in [1.29, 1.82) is 0 Å². The number of oxazole rings is 1. The molecule has 4 aromatic rings. The summed E-state index contributed by atoms with van der Waals surface area (Å²) >= 11 is 7.08. The lowest BCUT2D eigenvalue weighted by Gasteiger charge is -2.08. The number of hydrogen-bond acceptors (Lipinski definition) is 6. The van der Waals surface area contributed by atoms with Crippen LogP contribution in [0.1, 0.15) is 12.5 Å². The maximum Gasteiger partial charge on any atom is 0.419 e. The molecule has 1 N–H and O–H groups in total. The zero-order chi connectivity index (χ0) is 20.8. The fraction of sp³-hybridized carbons (Fsp3) is 0.158. The summed E-state index contributed by atoms with van der Waals surface area (Å²) in [5.74, 6) is -0.517. The average molecular weight is 450 g/mol. The fourth-order valence-electron chi connectivity index (χ4n) is 3.03. The van der Waals surface area contributed by atoms with Crippen LogP contribution in [0.3, 0.4) is 0 Å². The van der Waals surface area contributed by atoms with Crippen LogP contribution in [0.2, 0.25) is 5.02 Å². The number of nitrogens with one attached hydrogen (secondary N) is 1. The maximum absolute atomic E-state index is 12.9. The second-order valence-electron chi connectivity index (χ2n) is 6.35. The SMILES string of the molecule is CCn1c(=O)oc2cc(S(=O)(=O)Nc3nc(-c4ccc(Cl)cc4)cs3)c(C)cc21. The van der Waals surface area contributed by atoms with Crippen LogP contribution in [0.4, 0.5) is 5.13 Å². The first-order valence-electron chi connectivity index (χ1n) is 8.67. The summed E-state index contributed by atoms with van der Waals surface area (Å²) in [7, 11) is -3.92. The number of hydrogen-bond donors (Lipinski definition) is 1. The normalized spacial score (nSPS) is 11.8. The van der Waals surface area contributed by atoms with E-state index in [1.165, 1.54) is 22.0 Å². The first-order chi connectivity index (χ1) is 13.8. The van der Waals surface area contributed by atoms with Crippen LogP contribution in [0.25, 0.3) is 22.4 Å². The Hall–Kier alpha value is -2.62. The minimum Gasteiger partial charge on any atom is -0.408 e. The highest BCUT2D eigenvalue weighted by Crippen LogP contribution is 2.29. The van der Waals surface area contributed by atoms with Crippen molar-refractivity contribution < 1.29 is 12.8 Å². The standard InChI is InChI=1S/C19H16ClN3O4S2/c1-3-23-15-8-11(2)17(9-16(15)27-19(23)24)29(25,26)22-18-21-14(10-28-18)12-4-6-13(20)7-5-12/h4-10H,3H2,1-2H3,(H,21,22). The van der Waals surface area contributed by atoms with E-state index in [4.69, 9.17) is 16.0 Å². The largest absolute Gasteiger partial charge is 0.419 e. The van der Waals surface area contributed by atoms with Gasteiger partial charge in [0.1, 0.15) is 0 Å². The number of aryl methyl sites for hydroxylation is 2. The molecule has 0 aliphatic rings. The van der Waals surface area contributed by atoms with Crippen LogP contribution >= 0.6 is 22.9 Å². The number of halogens is 1. The second kappa shape index (κ2) is 7.33. The summed E-state index contributed by atoms with van der Waals surface area (Å²) in [6.07, 6.45) is 0. The molecule has 0 aliphatic carbocycles. The number of sulfonamides is 1. The van der Waals surface area contributed by atoms with Gasteiger partial charge in [-0.1, -0.05) is 23.7 Å². The minimum atomic E-state index is -3.92. The van der Waals surface area contributed by atoms with Crippen LogP contribution in [-0.4, -0.2) is 18.0 Å². The molecule has 2 heterocycles. The van der Waals surface area contributed by atoms with Gasteiger partial charge in [0.2, 0.25) is 0 Å². The number of aromatic nitrogens is 2. The lowest BCUT2D eigenvalue weighted by Crippen LogP contribution is -2.14. The Balaban J connectivity index is 1.68. The molecule has 2 aromatic carbocycles. The van der Waals surface area contributed by atoms with E-state index in [9.17, 15) is 13.2 Å². The van der Waals surface area contributed by atoms with Crippen molar-refractivity contribution in [2.24, 2.45) is 0 Å². The van der Waals surface area contributed by atoms with Gasteiger partial charge in [-0.05, 0) is 37.6 Å². The third-order valence-corrected chi connectivity index (χ3v) is 7.06. The van der Waals surface area contributed by atoms with E-state index >= 15 is 0 Å². The molecule has 0 unspecified atom stereocenters. The van der Waals surface area contributed by atoms with E-state index in [2.05, 4.69) is 9.71 Å². The molecule has 0 saturated heterocycles. The number of anilines is 1. The highest BCUT2D eigenvalue weighted by molar-refractivity contribution is 7.93. The molecule has 10 heteroatoms. The Bertz CT molecular complexity index is 1370. The summed E-state index contributed by atoms with van der Waals surface area (Å²) in [4.78, 5) is 16.3. The smallest absolute Gasteiger partial charge is 0.408 e. The van der Waals surface area contributed by atoms with Gasteiger partial charge in [0.15, 0.2) is 10.7 Å². The first kappa shape index (κ1) is 19.7. The molecule has 2 aromatic heterocycles. The third kappa shape index (κ3) is 3.68. The summed E-state index contributed by atoms with van der Waals surface area (Å²) in [5, 5.41) is 2.61. The molecule has 0 fully saturated rings. The van der Waals surface area contributed by atoms with Gasteiger partial charge in [-0.2, -0.15) is 0 Å². The van der Waals surface area contributed by atoms with Gasteiger partial charge in [0.05, 0.1) is 16.1 Å². The van der Waals surface area contributed by atoms with E-state index in [0.717, 1.165) is 5.56 Å². The van der Waals surface area contributed by atoms with E-state index < -0.39 is 15.8 Å². The third-order valence-electron chi connectivity index (χ3n) is 4.44. The molecule has 29 heavy (non-hydrogen) atoms. The van der Waals surface area contributed by atoms with Crippen molar-refractivity contribution in [3.8, 4) is 11.3 Å². The van der Waals surface area contributed by atoms with Gasteiger partial charge in [0.25, 0.3) is 10.0 Å². The number of benzene rings is 2. The zero-order valence-corrected chi connectivity index (χ0v) is 17.9. The lowest BCUT2D eigenvalue weighted by atomic mass is 10.2. The molecule has 0 radical (unpaired) electrons. The Morgan fingerprint density at radius 1 is 1.24 bits per heavy atom. The second-order valence-corrected chi connectivity index (χ2v) is 9.29. The van der Waals surface area contributed by atoms with Gasteiger partial charge >= 0.3 is 5.76 Å². The molecule has 0 amide bonds. The molecule has 0 spiro atoms. The van der Waals surface area contributed by atoms with Crippen LogP contribution < -0.4 is 10.5 Å². The van der Waals surface area contributed by atoms with E-state index in [0.29, 0.717) is 28.3 Å². The Morgan fingerprint density at radius 3 is 2.66 bits per heavy atom. The summed E-state index contributed by atoms with van der Waals surface area (Å²) < 4.78 is 35.0. The predicted octanol–water partition coefficient (Wildman–Crippen LogP) is 4.50. The maximum atomic E-state index is 12.9. The Morgan fingerprint density at radius 2 is 1.97 bits per heavy atom. The molecule has 0 atom stereocenters. The molecule has 0 saturated carbocycles. The minimum absolute atomic E-state index is 0.0326. The number of rotatable bonds is 5. The van der Waals surface area contributed by atoms with Crippen molar-refractivity contribution >= 4 is 49.2 Å². The highest BCUT2D eigenvalue weighted by atomic mass is 35.5. The van der Waals surface area contributed by atoms with Crippen molar-refractivity contribution in [1.82, 2.24) is 9.55 Å². The molecule has 0 aliphatic heterocycles. The molecular weight excluding hydrogens is 434 g/mol. The van der Waals surface area contributed by atoms with Gasteiger partial charge < -0.3 is 4.42 Å². The van der Waals surface area contributed by atoms with Crippen molar-refractivity contribution in [2.45, 2.75) is 25.3 Å². The van der Waals surface area contributed by atoms with E-state index in [1.54, 1.807) is 30.5 Å². The first-order valence-corrected chi connectivity index (χ1v) is 11.4. The lowest BCUT2D eigenvalue weighted by molar-refractivity contribution is 0.512. The molecule has 0 bridgehead atoms. The van der Waals surface area contributed by atoms with Crippen LogP contribution in [0.5, 0.6) is 0 Å². The average Bonchev–Trinajstić information content (AvgIpc) is 3.24. The van der Waals surface area contributed by atoms with E-state index in [-0.39, 0.29) is 15.6 Å². The summed E-state index contributed by atoms with van der Waals surface area (Å²) in [5.41, 5.74) is 2.76. The quantitative estimate of drug-likeness (QED) is 0.484. The number of thiazole rings is 1. The zero-order valence-electron chi connectivity index (χ0n) is 15.5. The van der Waals surface area contributed by atoms with Crippen LogP contribution in [0.15, 0.2) is 55.9 Å². The summed E-state index contributed by atoms with van der Waals surface area (Å²) in [6.45, 7) is 3.92. The summed E-state index contributed by atoms with van der Waals surface area (Å²) in [6, 6.07) is 10.1. The predicted molar refractivity (Wildman–Crippen MR) is 114 cm³/mol. The van der Waals surface area contributed by atoms with Crippen molar-refractivity contribution in [3.05, 3.63) is 62.9 Å². The molecule has 7 nitrogen and oxygen atoms in total. The van der Waals surface area contributed by atoms with Gasteiger partial charge in [-0.15, -0.1) is 11.3 Å². The van der Waals surface area contributed by atoms with Crippen molar-refractivity contribution in [2.75, 3.05) is 4.72 Å². The van der Waals surface area contributed by atoms with Gasteiger partial charge in [0, 0.05) is 28.6 Å². The van der Waals surface area contributed by atoms with E-state index in [1.807, 2.05) is 19.1 Å². The molecular formula is C19H16ClN3O4S2. The fourth-order valence-corrected chi connectivity index (χ4v) is 5.37. The Labute approximate surface area is 175 Å². The van der Waals surface area contributed by atoms with Gasteiger partial charge in [-0.3, -0.25) is 9.29 Å². The molecule has 150 valence electrons. The monoisotopic (exact) mass is 449 g/mol. The van der Waals surface area contributed by atoms with Crippen LogP contribution in [-0.2, 0) is 16.6 Å².